The Morgan fingerprint density at radius 1 is 0.929 bits per heavy atom. The second-order valence-electron chi connectivity index (χ2n) is 9.55. The first-order chi connectivity index (χ1) is 20.1. The molecular weight excluding hydrogens is 591 g/mol. The van der Waals surface area contributed by atoms with Crippen molar-refractivity contribution in [2.75, 3.05) is 16.8 Å². The number of halogens is 3. The molecule has 6 rings (SSSR count). The maximum Gasteiger partial charge on any atom is 0.418 e. The van der Waals surface area contributed by atoms with Gasteiger partial charge in [-0.25, -0.2) is 4.90 Å². The second kappa shape index (κ2) is 10.8. The van der Waals surface area contributed by atoms with Gasteiger partial charge in [-0.3, -0.25) is 19.2 Å². The zero-order valence-electron chi connectivity index (χ0n) is 21.4. The highest BCUT2D eigenvalue weighted by Crippen LogP contribution is 2.53. The van der Waals surface area contributed by atoms with Gasteiger partial charge in [0.2, 0.25) is 11.8 Å². The number of thioether (sulfide) groups is 1. The molecule has 0 aliphatic carbocycles. The number of amides is 3. The second-order valence-corrected chi connectivity index (χ2v) is 11.7. The van der Waals surface area contributed by atoms with Gasteiger partial charge in [0.15, 0.2) is 6.61 Å². The first-order valence-corrected chi connectivity index (χ1v) is 14.3. The van der Waals surface area contributed by atoms with E-state index in [1.807, 2.05) is 0 Å². The van der Waals surface area contributed by atoms with Gasteiger partial charge in [0.1, 0.15) is 11.0 Å². The zero-order valence-corrected chi connectivity index (χ0v) is 23.0. The molecule has 3 unspecified atom stereocenters. The van der Waals surface area contributed by atoms with Gasteiger partial charge in [-0.1, -0.05) is 65.6 Å². The number of ether oxygens (including phenoxy) is 1. The molecule has 4 aromatic rings. The summed E-state index contributed by atoms with van der Waals surface area (Å²) in [5, 5.41) is 2.03. The van der Waals surface area contributed by atoms with Crippen molar-refractivity contribution in [1.82, 2.24) is 4.98 Å². The van der Waals surface area contributed by atoms with Crippen LogP contribution in [0.4, 0.5) is 24.5 Å². The highest BCUT2D eigenvalue weighted by Gasteiger charge is 2.56. The van der Waals surface area contributed by atoms with Gasteiger partial charge in [-0.15, -0.1) is 0 Å². The summed E-state index contributed by atoms with van der Waals surface area (Å²) in [4.78, 5) is 56.1. The maximum absolute atomic E-state index is 13.7. The minimum absolute atomic E-state index is 0.266. The molecule has 0 bridgehead atoms. The first kappa shape index (κ1) is 27.8. The van der Waals surface area contributed by atoms with Gasteiger partial charge in [-0.2, -0.15) is 13.2 Å². The Balaban J connectivity index is 1.22. The number of carbonyl (C=O) groups is 3. The van der Waals surface area contributed by atoms with Gasteiger partial charge >= 0.3 is 11.0 Å². The van der Waals surface area contributed by atoms with Crippen molar-refractivity contribution in [1.29, 1.82) is 0 Å². The van der Waals surface area contributed by atoms with Crippen molar-refractivity contribution in [2.45, 2.75) is 22.4 Å². The number of aromatic amines is 1. The minimum Gasteiger partial charge on any atom is -0.484 e. The number of H-pyrrole nitrogens is 1. The molecule has 2 aliphatic rings. The van der Waals surface area contributed by atoms with Crippen LogP contribution in [0.5, 0.6) is 5.75 Å². The molecule has 3 heterocycles. The number of carbonyl (C=O) groups excluding carboxylic acids is 3. The molecule has 8 nitrogen and oxygen atoms in total. The van der Waals surface area contributed by atoms with Crippen LogP contribution in [0.1, 0.15) is 21.9 Å². The number of para-hydroxylation sites is 2. The molecule has 3 atom stereocenters. The monoisotopic (exact) mass is 611 g/mol. The molecule has 0 radical (unpaired) electrons. The topological polar surface area (TPSA) is 109 Å². The predicted octanol–water partition coefficient (Wildman–Crippen LogP) is 5.27. The minimum atomic E-state index is -4.63. The Morgan fingerprint density at radius 2 is 1.62 bits per heavy atom. The fourth-order valence-corrected chi connectivity index (χ4v) is 7.67. The summed E-state index contributed by atoms with van der Waals surface area (Å²) in [6, 6.07) is 19.8. The van der Waals surface area contributed by atoms with Gasteiger partial charge in [0.25, 0.3) is 5.91 Å². The van der Waals surface area contributed by atoms with Crippen LogP contribution >= 0.6 is 23.1 Å². The highest BCUT2D eigenvalue weighted by atomic mass is 32.2. The summed E-state index contributed by atoms with van der Waals surface area (Å²) < 4.78 is 45.2. The number of fused-ring (bicyclic) bond motifs is 2. The molecular formula is C29H20F3N3O5S2. The number of nitrogens with one attached hydrogen (secondary N) is 2. The standard InChI is InChI=1S/C29H20F3N3O5S2/c30-29(31,32)18-8-4-5-9-19(18)33-20(36)14-40-17-12-10-15(11-13-17)21-22-24(41-25-23(21)42-28(39)34-25)27(38)35(26(22)37)16-6-2-1-3-7-16/h1-13,21-22,24H,14H2,(H,33,36)(H,34,39). The van der Waals surface area contributed by atoms with E-state index in [2.05, 4.69) is 10.3 Å². The van der Waals surface area contributed by atoms with Crippen molar-refractivity contribution in [2.24, 2.45) is 5.92 Å². The molecule has 0 saturated carbocycles. The van der Waals surface area contributed by atoms with Crippen LogP contribution in [0.2, 0.25) is 0 Å². The lowest BCUT2D eigenvalue weighted by Gasteiger charge is -2.29. The van der Waals surface area contributed by atoms with E-state index in [9.17, 15) is 32.3 Å². The third-order valence-electron chi connectivity index (χ3n) is 6.95. The van der Waals surface area contributed by atoms with Crippen molar-refractivity contribution in [3.63, 3.8) is 0 Å². The van der Waals surface area contributed by atoms with Gasteiger partial charge in [-0.05, 0) is 42.0 Å². The largest absolute Gasteiger partial charge is 0.484 e. The van der Waals surface area contributed by atoms with Crippen molar-refractivity contribution in [3.8, 4) is 5.75 Å². The quantitative estimate of drug-likeness (QED) is 0.288. The number of nitrogens with zero attached hydrogens (tertiary/aromatic N) is 1. The number of benzene rings is 3. The number of alkyl halides is 3. The summed E-state index contributed by atoms with van der Waals surface area (Å²) in [5.74, 6) is -2.58. The van der Waals surface area contributed by atoms with Crippen LogP contribution in [-0.2, 0) is 20.6 Å². The van der Waals surface area contributed by atoms with E-state index in [0.717, 1.165) is 23.5 Å². The Kier molecular flexibility index (Phi) is 7.15. The van der Waals surface area contributed by atoms with Crippen LogP contribution in [0.25, 0.3) is 0 Å². The van der Waals surface area contributed by atoms with Crippen LogP contribution in [0.3, 0.4) is 0 Å². The number of hydrogen-bond donors (Lipinski definition) is 2. The third-order valence-corrected chi connectivity index (χ3v) is 9.36. The number of hydrogen-bond acceptors (Lipinski definition) is 7. The first-order valence-electron chi connectivity index (χ1n) is 12.6. The average Bonchev–Trinajstić information content (AvgIpc) is 3.46. The fourth-order valence-electron chi connectivity index (χ4n) is 5.15. The molecule has 214 valence electrons. The Morgan fingerprint density at radius 3 is 2.33 bits per heavy atom. The van der Waals surface area contributed by atoms with Crippen LogP contribution in [0.15, 0.2) is 88.7 Å². The van der Waals surface area contributed by atoms with Gasteiger partial charge in [0.05, 0.1) is 27.9 Å². The zero-order chi connectivity index (χ0) is 29.6. The summed E-state index contributed by atoms with van der Waals surface area (Å²) in [5.41, 5.74) is -0.212. The molecule has 2 aliphatic heterocycles. The number of anilines is 2. The van der Waals surface area contributed by atoms with E-state index in [-0.39, 0.29) is 28.1 Å². The lowest BCUT2D eigenvalue weighted by atomic mass is 9.83. The lowest BCUT2D eigenvalue weighted by Crippen LogP contribution is -2.32. The van der Waals surface area contributed by atoms with Crippen molar-refractivity contribution < 1.29 is 32.3 Å². The smallest absolute Gasteiger partial charge is 0.418 e. The summed E-state index contributed by atoms with van der Waals surface area (Å²) >= 11 is 2.16. The third kappa shape index (κ3) is 5.09. The number of imide groups is 1. The SMILES string of the molecule is O=C(COc1ccc(C2c3sc(=O)[nH]c3SC3C(=O)N(c4ccccc4)C(=O)C32)cc1)Nc1ccccc1C(F)(F)F. The molecule has 2 N–H and O–H groups in total. The Bertz CT molecular complexity index is 1740. The normalized spacial score (nSPS) is 19.8. The lowest BCUT2D eigenvalue weighted by molar-refractivity contribution is -0.137. The maximum atomic E-state index is 13.7. The van der Waals surface area contributed by atoms with Gasteiger partial charge in [0, 0.05) is 10.8 Å². The molecule has 0 spiro atoms. The molecule has 13 heteroatoms. The summed E-state index contributed by atoms with van der Waals surface area (Å²) in [6.07, 6.45) is -4.63. The van der Waals surface area contributed by atoms with Crippen molar-refractivity contribution >= 4 is 52.2 Å². The molecule has 42 heavy (non-hydrogen) atoms. The van der Waals surface area contributed by atoms with E-state index < -0.39 is 41.3 Å². The van der Waals surface area contributed by atoms with Crippen LogP contribution in [-0.4, -0.2) is 34.6 Å². The number of rotatable bonds is 6. The van der Waals surface area contributed by atoms with E-state index >= 15 is 0 Å². The summed E-state index contributed by atoms with van der Waals surface area (Å²) in [6.45, 7) is -0.543. The molecule has 1 aromatic heterocycles. The number of thiazole rings is 1. The highest BCUT2D eigenvalue weighted by molar-refractivity contribution is 8.00. The van der Waals surface area contributed by atoms with Crippen LogP contribution in [0, 0.1) is 5.92 Å². The molecule has 1 saturated heterocycles. The Hall–Kier alpha value is -4.36. The van der Waals surface area contributed by atoms with Gasteiger partial charge < -0.3 is 15.0 Å². The molecule has 1 fully saturated rings. The molecule has 3 aromatic carbocycles. The number of aromatic nitrogens is 1. The van der Waals surface area contributed by atoms with E-state index in [4.69, 9.17) is 4.74 Å². The summed E-state index contributed by atoms with van der Waals surface area (Å²) in [7, 11) is 0. The van der Waals surface area contributed by atoms with Crippen LogP contribution < -0.4 is 19.8 Å². The van der Waals surface area contributed by atoms with E-state index in [1.165, 1.54) is 28.8 Å². The molecule has 3 amide bonds. The average molecular weight is 612 g/mol. The predicted molar refractivity (Wildman–Crippen MR) is 151 cm³/mol. The van der Waals surface area contributed by atoms with E-state index in [1.54, 1.807) is 54.6 Å². The Labute approximate surface area is 244 Å². The van der Waals surface area contributed by atoms with Crippen molar-refractivity contribution in [3.05, 3.63) is 105 Å². The van der Waals surface area contributed by atoms with E-state index in [0.29, 0.717) is 21.2 Å². The fraction of sp³-hybridized carbons (Fsp3) is 0.172.